The van der Waals surface area contributed by atoms with E-state index in [0.717, 1.165) is 19.1 Å². The van der Waals surface area contributed by atoms with Crippen molar-refractivity contribution in [3.05, 3.63) is 12.8 Å². The van der Waals surface area contributed by atoms with Crippen LogP contribution >= 0.6 is 0 Å². The van der Waals surface area contributed by atoms with Crippen molar-refractivity contribution in [1.29, 1.82) is 0 Å². The molecule has 17 heavy (non-hydrogen) atoms. The third-order valence-electron chi connectivity index (χ3n) is 3.82. The summed E-state index contributed by atoms with van der Waals surface area (Å²) in [5.41, 5.74) is 0.662. The van der Waals surface area contributed by atoms with Crippen LogP contribution in [0.2, 0.25) is 11.6 Å². The minimum Gasteiger partial charge on any atom is -0.502 e. The van der Waals surface area contributed by atoms with Gasteiger partial charge < -0.3 is 13.6 Å². The SMILES string of the molecule is C=COCCC[Si](OC)(OC)C1CCCCC1. The fourth-order valence-electron chi connectivity index (χ4n) is 2.85. The first-order valence-electron chi connectivity index (χ1n) is 6.62. The highest BCUT2D eigenvalue weighted by molar-refractivity contribution is 6.69. The first-order valence-corrected chi connectivity index (χ1v) is 8.72. The van der Waals surface area contributed by atoms with E-state index in [-0.39, 0.29) is 0 Å². The molecule has 1 fully saturated rings. The number of hydrogen-bond acceptors (Lipinski definition) is 3. The van der Waals surface area contributed by atoms with E-state index in [0.29, 0.717) is 5.54 Å². The molecule has 0 aliphatic heterocycles. The maximum atomic E-state index is 5.84. The third-order valence-corrected chi connectivity index (χ3v) is 8.08. The average molecular weight is 258 g/mol. The summed E-state index contributed by atoms with van der Waals surface area (Å²) in [6, 6.07) is 1.03. The van der Waals surface area contributed by atoms with Crippen LogP contribution in [0.5, 0.6) is 0 Å². The molecule has 0 aromatic heterocycles. The Bertz CT molecular complexity index is 211. The molecule has 0 heterocycles. The van der Waals surface area contributed by atoms with Crippen LogP contribution in [0.4, 0.5) is 0 Å². The molecule has 1 aliphatic rings. The topological polar surface area (TPSA) is 27.7 Å². The van der Waals surface area contributed by atoms with Gasteiger partial charge in [0.25, 0.3) is 0 Å². The third kappa shape index (κ3) is 4.12. The van der Waals surface area contributed by atoms with Gasteiger partial charge in [-0.25, -0.2) is 0 Å². The molecule has 0 atom stereocenters. The molecule has 3 nitrogen and oxygen atoms in total. The Hall–Kier alpha value is -0.323. The van der Waals surface area contributed by atoms with Gasteiger partial charge in [0.2, 0.25) is 0 Å². The fraction of sp³-hybridized carbons (Fsp3) is 0.846. The zero-order valence-corrected chi connectivity index (χ0v) is 12.2. The second-order valence-electron chi connectivity index (χ2n) is 4.70. The summed E-state index contributed by atoms with van der Waals surface area (Å²) in [6.45, 7) is 4.27. The summed E-state index contributed by atoms with van der Waals surface area (Å²) in [6.07, 6.45) is 9.07. The number of hydrogen-bond donors (Lipinski definition) is 0. The molecule has 100 valence electrons. The quantitative estimate of drug-likeness (QED) is 0.378. The molecule has 1 saturated carbocycles. The summed E-state index contributed by atoms with van der Waals surface area (Å²) in [5, 5.41) is 0. The molecule has 1 aliphatic carbocycles. The molecule has 0 bridgehead atoms. The van der Waals surface area contributed by atoms with E-state index in [2.05, 4.69) is 6.58 Å². The van der Waals surface area contributed by atoms with E-state index in [1.54, 1.807) is 0 Å². The highest BCUT2D eigenvalue weighted by Crippen LogP contribution is 2.40. The Kier molecular flexibility index (Phi) is 6.85. The van der Waals surface area contributed by atoms with E-state index in [1.165, 1.54) is 38.4 Å². The molecule has 0 amide bonds. The first kappa shape index (κ1) is 14.7. The van der Waals surface area contributed by atoms with Crippen molar-refractivity contribution >= 4 is 8.56 Å². The lowest BCUT2D eigenvalue weighted by molar-refractivity contribution is 0.204. The van der Waals surface area contributed by atoms with Crippen molar-refractivity contribution in [2.45, 2.75) is 50.1 Å². The van der Waals surface area contributed by atoms with Crippen molar-refractivity contribution in [3.63, 3.8) is 0 Å². The zero-order valence-electron chi connectivity index (χ0n) is 11.2. The van der Waals surface area contributed by atoms with Crippen LogP contribution in [-0.2, 0) is 13.6 Å². The Labute approximate surface area is 106 Å². The van der Waals surface area contributed by atoms with Gasteiger partial charge in [-0.2, -0.15) is 0 Å². The number of ether oxygens (including phenoxy) is 1. The standard InChI is InChI=1S/C13H26O3Si/c1-4-16-11-8-12-17(14-2,15-3)13-9-6-5-7-10-13/h4,13H,1,5-12H2,2-3H3. The molecule has 0 unspecified atom stereocenters. The largest absolute Gasteiger partial charge is 0.502 e. The van der Waals surface area contributed by atoms with Gasteiger partial charge in [0.1, 0.15) is 0 Å². The Morgan fingerprint density at radius 3 is 2.35 bits per heavy atom. The van der Waals surface area contributed by atoms with Gasteiger partial charge in [0, 0.05) is 19.8 Å². The van der Waals surface area contributed by atoms with Gasteiger partial charge in [0.15, 0.2) is 0 Å². The van der Waals surface area contributed by atoms with Gasteiger partial charge in [-0.1, -0.05) is 25.8 Å². The number of rotatable bonds is 8. The Balaban J connectivity index is 2.49. The fourth-order valence-corrected chi connectivity index (χ4v) is 6.43. The van der Waals surface area contributed by atoms with E-state index in [9.17, 15) is 0 Å². The Morgan fingerprint density at radius 2 is 1.82 bits per heavy atom. The van der Waals surface area contributed by atoms with E-state index in [4.69, 9.17) is 13.6 Å². The summed E-state index contributed by atoms with van der Waals surface area (Å²) < 4.78 is 16.9. The molecule has 0 radical (unpaired) electrons. The van der Waals surface area contributed by atoms with E-state index < -0.39 is 8.56 Å². The van der Waals surface area contributed by atoms with Gasteiger partial charge in [-0.3, -0.25) is 0 Å². The summed E-state index contributed by atoms with van der Waals surface area (Å²) in [7, 11) is 1.63. The lowest BCUT2D eigenvalue weighted by Crippen LogP contribution is -2.46. The maximum Gasteiger partial charge on any atom is 0.340 e. The van der Waals surface area contributed by atoms with Gasteiger partial charge in [-0.05, 0) is 25.3 Å². The van der Waals surface area contributed by atoms with Crippen molar-refractivity contribution < 1.29 is 13.6 Å². The van der Waals surface area contributed by atoms with Crippen LogP contribution in [-0.4, -0.2) is 29.4 Å². The zero-order chi connectivity index (χ0) is 12.6. The van der Waals surface area contributed by atoms with Crippen LogP contribution in [0.25, 0.3) is 0 Å². The molecule has 0 spiro atoms. The first-order chi connectivity index (χ1) is 8.29. The predicted molar refractivity (Wildman–Crippen MR) is 72.2 cm³/mol. The summed E-state index contributed by atoms with van der Waals surface area (Å²) in [4.78, 5) is 0. The predicted octanol–water partition coefficient (Wildman–Crippen LogP) is 3.61. The van der Waals surface area contributed by atoms with Crippen molar-refractivity contribution in [2.75, 3.05) is 20.8 Å². The van der Waals surface area contributed by atoms with Gasteiger partial charge in [-0.15, -0.1) is 0 Å². The molecule has 0 N–H and O–H groups in total. The van der Waals surface area contributed by atoms with Crippen molar-refractivity contribution in [3.8, 4) is 0 Å². The monoisotopic (exact) mass is 258 g/mol. The summed E-state index contributed by atoms with van der Waals surface area (Å²) >= 11 is 0. The molecule has 0 aromatic carbocycles. The normalized spacial score (nSPS) is 18.0. The van der Waals surface area contributed by atoms with Gasteiger partial charge >= 0.3 is 8.56 Å². The molecular formula is C13H26O3Si. The van der Waals surface area contributed by atoms with E-state index in [1.807, 2.05) is 14.2 Å². The molecule has 1 rings (SSSR count). The molecule has 0 aromatic rings. The van der Waals surface area contributed by atoms with Crippen LogP contribution in [0, 0.1) is 0 Å². The second kappa shape index (κ2) is 7.90. The van der Waals surface area contributed by atoms with Crippen LogP contribution < -0.4 is 0 Å². The maximum absolute atomic E-state index is 5.84. The van der Waals surface area contributed by atoms with Crippen LogP contribution in [0.1, 0.15) is 38.5 Å². The Morgan fingerprint density at radius 1 is 1.18 bits per heavy atom. The second-order valence-corrected chi connectivity index (χ2v) is 8.45. The van der Waals surface area contributed by atoms with E-state index >= 15 is 0 Å². The van der Waals surface area contributed by atoms with Crippen molar-refractivity contribution in [2.24, 2.45) is 0 Å². The highest BCUT2D eigenvalue weighted by atomic mass is 28.4. The average Bonchev–Trinajstić information content (AvgIpc) is 2.41. The molecule has 4 heteroatoms. The van der Waals surface area contributed by atoms with Crippen LogP contribution in [0.15, 0.2) is 12.8 Å². The van der Waals surface area contributed by atoms with Crippen LogP contribution in [0.3, 0.4) is 0 Å². The highest BCUT2D eigenvalue weighted by Gasteiger charge is 2.43. The van der Waals surface area contributed by atoms with Crippen molar-refractivity contribution in [1.82, 2.24) is 0 Å². The summed E-state index contributed by atoms with van der Waals surface area (Å²) in [5.74, 6) is 0. The lowest BCUT2D eigenvalue weighted by atomic mass is 10.0. The minimum atomic E-state index is -2.01. The van der Waals surface area contributed by atoms with Gasteiger partial charge in [0.05, 0.1) is 12.9 Å². The smallest absolute Gasteiger partial charge is 0.340 e. The molecule has 0 saturated heterocycles. The molecular weight excluding hydrogens is 232 g/mol. The lowest BCUT2D eigenvalue weighted by Gasteiger charge is -2.37. The minimum absolute atomic E-state index is 0.662.